The molecule has 0 nitrogen and oxygen atoms in total. The molecule has 0 aliphatic heterocycles. The molecule has 0 amide bonds. The third-order valence-corrected chi connectivity index (χ3v) is 3.49. The lowest BCUT2D eigenvalue weighted by atomic mass is 9.77. The lowest BCUT2D eigenvalue weighted by Gasteiger charge is -2.28. The summed E-state index contributed by atoms with van der Waals surface area (Å²) in [5.41, 5.74) is 0. The molecule has 0 spiro atoms. The minimum Gasteiger partial charge on any atom is -0.103 e. The average molecular weight is 192 g/mol. The third-order valence-electron chi connectivity index (χ3n) is 3.49. The Balaban J connectivity index is 2.41. The molecule has 1 aliphatic rings. The summed E-state index contributed by atoms with van der Waals surface area (Å²) in [6.07, 6.45) is 8.01. The van der Waals surface area contributed by atoms with Crippen molar-refractivity contribution in [2.24, 2.45) is 17.8 Å². The normalized spacial score (nSPS) is 27.9. The van der Waals surface area contributed by atoms with E-state index in [9.17, 15) is 0 Å². The summed E-state index contributed by atoms with van der Waals surface area (Å²) in [5, 5.41) is 0. The maximum absolute atomic E-state index is 3.33. The van der Waals surface area contributed by atoms with E-state index in [4.69, 9.17) is 0 Å². The minimum absolute atomic E-state index is 0.643. The van der Waals surface area contributed by atoms with Gasteiger partial charge < -0.3 is 0 Å². The highest BCUT2D eigenvalue weighted by Crippen LogP contribution is 2.31. The van der Waals surface area contributed by atoms with Gasteiger partial charge in [0.15, 0.2) is 0 Å². The largest absolute Gasteiger partial charge is 0.103 e. The zero-order chi connectivity index (χ0) is 10.4. The van der Waals surface area contributed by atoms with Crippen LogP contribution in [0, 0.1) is 29.6 Å². The van der Waals surface area contributed by atoms with E-state index < -0.39 is 0 Å². The Bertz CT molecular complexity index is 206. The smallest absolute Gasteiger partial charge is 0.0177 e. The van der Waals surface area contributed by atoms with Crippen LogP contribution >= 0.6 is 0 Å². The summed E-state index contributed by atoms with van der Waals surface area (Å²) in [4.78, 5) is 0. The Morgan fingerprint density at radius 3 is 2.71 bits per heavy atom. The van der Waals surface area contributed by atoms with E-state index in [0.717, 1.165) is 18.3 Å². The first-order chi connectivity index (χ1) is 6.77. The highest BCUT2D eigenvalue weighted by Gasteiger charge is 2.22. The zero-order valence-electron chi connectivity index (χ0n) is 9.97. The van der Waals surface area contributed by atoms with Crippen molar-refractivity contribution in [2.75, 3.05) is 0 Å². The van der Waals surface area contributed by atoms with Gasteiger partial charge in [0.1, 0.15) is 0 Å². The van der Waals surface area contributed by atoms with Gasteiger partial charge in [-0.25, -0.2) is 0 Å². The molecule has 3 atom stereocenters. The van der Waals surface area contributed by atoms with Crippen LogP contribution in [-0.2, 0) is 0 Å². The topological polar surface area (TPSA) is 0 Å². The highest BCUT2D eigenvalue weighted by molar-refractivity contribution is 5.08. The molecule has 0 bridgehead atoms. The Labute approximate surface area is 89.5 Å². The first-order valence-corrected chi connectivity index (χ1v) is 6.26. The molecule has 0 heterocycles. The average Bonchev–Trinajstić information content (AvgIpc) is 2.19. The molecule has 0 heteroatoms. The van der Waals surface area contributed by atoms with Gasteiger partial charge in [0.05, 0.1) is 0 Å². The molecule has 0 radical (unpaired) electrons. The van der Waals surface area contributed by atoms with Crippen LogP contribution in [0.2, 0.25) is 0 Å². The zero-order valence-corrected chi connectivity index (χ0v) is 9.97. The van der Waals surface area contributed by atoms with Crippen LogP contribution in [0.3, 0.4) is 0 Å². The number of hydrogen-bond donors (Lipinski definition) is 0. The predicted octanol–water partition coefficient (Wildman–Crippen LogP) is 4.25. The second kappa shape index (κ2) is 6.12. The summed E-state index contributed by atoms with van der Waals surface area (Å²) < 4.78 is 0. The molecule has 14 heavy (non-hydrogen) atoms. The van der Waals surface area contributed by atoms with Gasteiger partial charge in [-0.2, -0.15) is 0 Å². The SMILES string of the molecule is CCCCC(CC)C1CC#CC(C)C1. The van der Waals surface area contributed by atoms with Gasteiger partial charge in [0.25, 0.3) is 0 Å². The van der Waals surface area contributed by atoms with Crippen molar-refractivity contribution in [3.63, 3.8) is 0 Å². The Morgan fingerprint density at radius 2 is 2.14 bits per heavy atom. The van der Waals surface area contributed by atoms with Crippen LogP contribution in [-0.4, -0.2) is 0 Å². The summed E-state index contributed by atoms with van der Waals surface area (Å²) >= 11 is 0. The quantitative estimate of drug-likeness (QED) is 0.571. The van der Waals surface area contributed by atoms with Crippen LogP contribution in [0.15, 0.2) is 0 Å². The lowest BCUT2D eigenvalue weighted by Crippen LogP contribution is -2.18. The minimum atomic E-state index is 0.643. The molecule has 0 saturated heterocycles. The van der Waals surface area contributed by atoms with Gasteiger partial charge >= 0.3 is 0 Å². The maximum atomic E-state index is 3.33. The Kier molecular flexibility index (Phi) is 5.09. The van der Waals surface area contributed by atoms with Crippen molar-refractivity contribution >= 4 is 0 Å². The number of hydrogen-bond acceptors (Lipinski definition) is 0. The molecule has 0 aromatic carbocycles. The molecule has 0 saturated carbocycles. The van der Waals surface area contributed by atoms with E-state index in [2.05, 4.69) is 32.6 Å². The molecule has 1 rings (SSSR count). The molecule has 80 valence electrons. The molecule has 0 N–H and O–H groups in total. The summed E-state index contributed by atoms with van der Waals surface area (Å²) in [6, 6.07) is 0. The van der Waals surface area contributed by atoms with Crippen molar-refractivity contribution in [3.8, 4) is 11.8 Å². The number of unbranched alkanes of at least 4 members (excludes halogenated alkanes) is 1. The molecule has 3 unspecified atom stereocenters. The first kappa shape index (κ1) is 11.6. The predicted molar refractivity (Wildman–Crippen MR) is 63.0 cm³/mol. The fourth-order valence-electron chi connectivity index (χ4n) is 2.56. The van der Waals surface area contributed by atoms with E-state index in [1.165, 1.54) is 32.1 Å². The second-order valence-electron chi connectivity index (χ2n) is 4.73. The molecule has 0 aromatic heterocycles. The lowest BCUT2D eigenvalue weighted by molar-refractivity contribution is 0.263. The maximum Gasteiger partial charge on any atom is 0.0177 e. The van der Waals surface area contributed by atoms with Gasteiger partial charge in [-0.15, -0.1) is 11.8 Å². The monoisotopic (exact) mass is 192 g/mol. The van der Waals surface area contributed by atoms with E-state index in [1.54, 1.807) is 0 Å². The summed E-state index contributed by atoms with van der Waals surface area (Å²) in [7, 11) is 0. The standard InChI is InChI=1S/C14H24/c1-4-6-9-13(5-2)14-10-7-8-12(3)11-14/h12-14H,4-6,9-11H2,1-3H3. The van der Waals surface area contributed by atoms with E-state index in [0.29, 0.717) is 5.92 Å². The van der Waals surface area contributed by atoms with Crippen molar-refractivity contribution in [3.05, 3.63) is 0 Å². The summed E-state index contributed by atoms with van der Waals surface area (Å²) in [6.45, 7) is 6.90. The van der Waals surface area contributed by atoms with Crippen molar-refractivity contribution < 1.29 is 0 Å². The molecule has 0 fully saturated rings. The fraction of sp³-hybridized carbons (Fsp3) is 0.857. The van der Waals surface area contributed by atoms with Crippen molar-refractivity contribution in [1.29, 1.82) is 0 Å². The highest BCUT2D eigenvalue weighted by atomic mass is 14.3. The van der Waals surface area contributed by atoms with Gasteiger partial charge in [0.2, 0.25) is 0 Å². The Morgan fingerprint density at radius 1 is 1.36 bits per heavy atom. The Hall–Kier alpha value is -0.440. The molecule has 0 aromatic rings. The van der Waals surface area contributed by atoms with E-state index >= 15 is 0 Å². The van der Waals surface area contributed by atoms with Gasteiger partial charge in [-0.05, 0) is 18.3 Å². The summed E-state index contributed by atoms with van der Waals surface area (Å²) in [5.74, 6) is 9.09. The van der Waals surface area contributed by atoms with Crippen molar-refractivity contribution in [2.45, 2.75) is 59.3 Å². The van der Waals surface area contributed by atoms with Crippen LogP contribution in [0.1, 0.15) is 59.3 Å². The van der Waals surface area contributed by atoms with E-state index in [-0.39, 0.29) is 0 Å². The van der Waals surface area contributed by atoms with Gasteiger partial charge in [-0.3, -0.25) is 0 Å². The molecular weight excluding hydrogens is 168 g/mol. The fourth-order valence-corrected chi connectivity index (χ4v) is 2.56. The van der Waals surface area contributed by atoms with Crippen LogP contribution in [0.25, 0.3) is 0 Å². The van der Waals surface area contributed by atoms with E-state index in [1.807, 2.05) is 0 Å². The van der Waals surface area contributed by atoms with Crippen molar-refractivity contribution in [1.82, 2.24) is 0 Å². The van der Waals surface area contributed by atoms with Gasteiger partial charge in [0, 0.05) is 12.3 Å². The van der Waals surface area contributed by atoms with Gasteiger partial charge in [-0.1, -0.05) is 46.5 Å². The van der Waals surface area contributed by atoms with Crippen LogP contribution < -0.4 is 0 Å². The molecular formula is C14H24. The van der Waals surface area contributed by atoms with Crippen LogP contribution in [0.4, 0.5) is 0 Å². The van der Waals surface area contributed by atoms with Crippen LogP contribution in [0.5, 0.6) is 0 Å². The molecule has 1 aliphatic carbocycles. The first-order valence-electron chi connectivity index (χ1n) is 6.26. The third kappa shape index (κ3) is 3.37. The number of rotatable bonds is 5. The second-order valence-corrected chi connectivity index (χ2v) is 4.73.